The molecule has 0 radical (unpaired) electrons. The number of benzene rings is 2. The highest BCUT2D eigenvalue weighted by molar-refractivity contribution is 5.65. The molecule has 0 aliphatic heterocycles. The van der Waals surface area contributed by atoms with Gasteiger partial charge in [0.05, 0.1) is 0 Å². The summed E-state index contributed by atoms with van der Waals surface area (Å²) in [7, 11) is 0. The second-order valence-corrected chi connectivity index (χ2v) is 4.95. The molecule has 0 fully saturated rings. The van der Waals surface area contributed by atoms with Crippen LogP contribution in [-0.4, -0.2) is 0 Å². The Balaban J connectivity index is 2.08. The Labute approximate surface area is 102 Å². The summed E-state index contributed by atoms with van der Waals surface area (Å²) in [5, 5.41) is 0. The Kier molecular flexibility index (Phi) is 2.49. The molecule has 3 rings (SSSR count). The minimum absolute atomic E-state index is 0.212. The maximum atomic E-state index is 6.18. The van der Waals surface area contributed by atoms with E-state index in [-0.39, 0.29) is 6.04 Å². The Hall–Kier alpha value is -1.60. The van der Waals surface area contributed by atoms with Gasteiger partial charge in [-0.05, 0) is 40.7 Å². The summed E-state index contributed by atoms with van der Waals surface area (Å²) in [4.78, 5) is 0. The zero-order valence-corrected chi connectivity index (χ0v) is 10.1. The van der Waals surface area contributed by atoms with Gasteiger partial charge >= 0.3 is 0 Å². The molecule has 0 amide bonds. The minimum atomic E-state index is 0.212. The van der Waals surface area contributed by atoms with Crippen molar-refractivity contribution in [1.82, 2.24) is 0 Å². The van der Waals surface area contributed by atoms with E-state index in [1.165, 1.54) is 22.3 Å². The van der Waals surface area contributed by atoms with E-state index in [0.29, 0.717) is 5.92 Å². The number of hydrogen-bond donors (Lipinski definition) is 1. The molecule has 0 saturated carbocycles. The highest BCUT2D eigenvalue weighted by Gasteiger charge is 2.25. The number of fused-ring (bicyclic) bond motifs is 1. The van der Waals surface area contributed by atoms with Gasteiger partial charge in [-0.15, -0.1) is 0 Å². The predicted molar refractivity (Wildman–Crippen MR) is 71.8 cm³/mol. The molecule has 0 bridgehead atoms. The van der Waals surface area contributed by atoms with E-state index in [1.54, 1.807) is 0 Å². The third-order valence-corrected chi connectivity index (χ3v) is 3.73. The molecule has 2 aromatic carbocycles. The van der Waals surface area contributed by atoms with Crippen LogP contribution in [-0.2, 0) is 0 Å². The number of hydrogen-bond acceptors (Lipinski definition) is 1. The molecule has 86 valence electrons. The first kappa shape index (κ1) is 10.5. The molecule has 2 aromatic rings. The van der Waals surface area contributed by atoms with E-state index < -0.39 is 0 Å². The summed E-state index contributed by atoms with van der Waals surface area (Å²) in [6, 6.07) is 17.4. The Bertz CT molecular complexity index is 530. The fourth-order valence-corrected chi connectivity index (χ4v) is 2.79. The highest BCUT2D eigenvalue weighted by Crippen LogP contribution is 2.40. The molecule has 1 aliphatic carbocycles. The normalized spacial score (nSPS) is 22.5. The Morgan fingerprint density at radius 3 is 2.47 bits per heavy atom. The lowest BCUT2D eigenvalue weighted by molar-refractivity contribution is 0.640. The lowest BCUT2D eigenvalue weighted by atomic mass is 9.98. The van der Waals surface area contributed by atoms with Crippen LogP contribution in [0.3, 0.4) is 0 Å². The Morgan fingerprint density at radius 2 is 1.71 bits per heavy atom. The topological polar surface area (TPSA) is 26.0 Å². The summed E-state index contributed by atoms with van der Waals surface area (Å²) in [6.07, 6.45) is 1.08. The quantitative estimate of drug-likeness (QED) is 0.780. The second-order valence-electron chi connectivity index (χ2n) is 4.95. The van der Waals surface area contributed by atoms with Crippen molar-refractivity contribution in [3.8, 4) is 11.1 Å². The predicted octanol–water partition coefficient (Wildman–Crippen LogP) is 3.86. The van der Waals surface area contributed by atoms with Gasteiger partial charge in [0.2, 0.25) is 0 Å². The van der Waals surface area contributed by atoms with Crippen LogP contribution in [0.2, 0.25) is 0 Å². The highest BCUT2D eigenvalue weighted by atomic mass is 14.7. The summed E-state index contributed by atoms with van der Waals surface area (Å²) in [5.74, 6) is 0.602. The molecule has 0 heterocycles. The summed E-state index contributed by atoms with van der Waals surface area (Å²) < 4.78 is 0. The van der Waals surface area contributed by atoms with Crippen molar-refractivity contribution in [2.45, 2.75) is 25.3 Å². The molecule has 1 aliphatic rings. The molecule has 2 N–H and O–H groups in total. The maximum absolute atomic E-state index is 6.18. The van der Waals surface area contributed by atoms with Crippen molar-refractivity contribution < 1.29 is 0 Å². The third kappa shape index (κ3) is 1.77. The van der Waals surface area contributed by atoms with Gasteiger partial charge < -0.3 is 5.73 Å². The van der Waals surface area contributed by atoms with Gasteiger partial charge in [0.15, 0.2) is 0 Å². The van der Waals surface area contributed by atoms with E-state index in [2.05, 4.69) is 49.4 Å². The smallest absolute Gasteiger partial charge is 0.0303 e. The van der Waals surface area contributed by atoms with Crippen LogP contribution < -0.4 is 5.73 Å². The van der Waals surface area contributed by atoms with Crippen molar-refractivity contribution in [2.24, 2.45) is 5.73 Å². The lowest BCUT2D eigenvalue weighted by Gasteiger charge is -2.08. The molecule has 1 heteroatoms. The van der Waals surface area contributed by atoms with Crippen LogP contribution in [0.4, 0.5) is 0 Å². The van der Waals surface area contributed by atoms with Crippen LogP contribution in [0.1, 0.15) is 36.4 Å². The van der Waals surface area contributed by atoms with Crippen LogP contribution in [0, 0.1) is 0 Å². The molecule has 2 atom stereocenters. The summed E-state index contributed by atoms with van der Waals surface area (Å²) in [5.41, 5.74) is 11.5. The number of rotatable bonds is 1. The average Bonchev–Trinajstić information content (AvgIpc) is 2.66. The van der Waals surface area contributed by atoms with Gasteiger partial charge in [-0.1, -0.05) is 49.4 Å². The van der Waals surface area contributed by atoms with Crippen LogP contribution in [0.15, 0.2) is 48.5 Å². The standard InChI is InChI=1S/C16H17N/c1-11-9-16(17)15-10-13(7-8-14(11)15)12-5-3-2-4-6-12/h2-8,10-11,16H,9,17H2,1H3. The van der Waals surface area contributed by atoms with Crippen molar-refractivity contribution in [3.63, 3.8) is 0 Å². The van der Waals surface area contributed by atoms with Gasteiger partial charge in [0.25, 0.3) is 0 Å². The van der Waals surface area contributed by atoms with E-state index in [9.17, 15) is 0 Å². The first-order valence-electron chi connectivity index (χ1n) is 6.20. The fourth-order valence-electron chi connectivity index (χ4n) is 2.79. The van der Waals surface area contributed by atoms with Crippen LogP contribution >= 0.6 is 0 Å². The van der Waals surface area contributed by atoms with Gasteiger partial charge in [-0.2, -0.15) is 0 Å². The average molecular weight is 223 g/mol. The maximum Gasteiger partial charge on any atom is 0.0303 e. The zero-order valence-electron chi connectivity index (χ0n) is 10.1. The summed E-state index contributed by atoms with van der Waals surface area (Å²) >= 11 is 0. The molecular weight excluding hydrogens is 206 g/mol. The fraction of sp³-hybridized carbons (Fsp3) is 0.250. The molecule has 2 unspecified atom stereocenters. The third-order valence-electron chi connectivity index (χ3n) is 3.73. The van der Waals surface area contributed by atoms with Gasteiger partial charge in [-0.25, -0.2) is 0 Å². The van der Waals surface area contributed by atoms with Crippen molar-refractivity contribution >= 4 is 0 Å². The van der Waals surface area contributed by atoms with Crippen molar-refractivity contribution in [1.29, 1.82) is 0 Å². The van der Waals surface area contributed by atoms with E-state index in [4.69, 9.17) is 5.73 Å². The SMILES string of the molecule is CC1CC(N)c2cc(-c3ccccc3)ccc21. The van der Waals surface area contributed by atoms with Crippen LogP contribution in [0.5, 0.6) is 0 Å². The van der Waals surface area contributed by atoms with Gasteiger partial charge in [0, 0.05) is 6.04 Å². The second kappa shape index (κ2) is 4.01. The number of nitrogens with two attached hydrogens (primary N) is 1. The molecular formula is C16H17N. The molecule has 0 saturated heterocycles. The van der Waals surface area contributed by atoms with Crippen LogP contribution in [0.25, 0.3) is 11.1 Å². The summed E-state index contributed by atoms with van der Waals surface area (Å²) in [6.45, 7) is 2.26. The van der Waals surface area contributed by atoms with Gasteiger partial charge in [0.1, 0.15) is 0 Å². The molecule has 1 nitrogen and oxygen atoms in total. The largest absolute Gasteiger partial charge is 0.324 e. The van der Waals surface area contributed by atoms with Crippen molar-refractivity contribution in [3.05, 3.63) is 59.7 Å². The van der Waals surface area contributed by atoms with E-state index >= 15 is 0 Å². The molecule has 0 spiro atoms. The van der Waals surface area contributed by atoms with Crippen molar-refractivity contribution in [2.75, 3.05) is 0 Å². The molecule has 17 heavy (non-hydrogen) atoms. The lowest BCUT2D eigenvalue weighted by Crippen LogP contribution is -2.05. The van der Waals surface area contributed by atoms with Gasteiger partial charge in [-0.3, -0.25) is 0 Å². The zero-order chi connectivity index (χ0) is 11.8. The first-order valence-corrected chi connectivity index (χ1v) is 6.20. The van der Waals surface area contributed by atoms with E-state index in [0.717, 1.165) is 6.42 Å². The Morgan fingerprint density at radius 1 is 0.941 bits per heavy atom. The van der Waals surface area contributed by atoms with E-state index in [1.807, 2.05) is 6.07 Å². The molecule has 0 aromatic heterocycles. The minimum Gasteiger partial charge on any atom is -0.324 e. The first-order chi connectivity index (χ1) is 8.25. The monoisotopic (exact) mass is 223 g/mol.